The van der Waals surface area contributed by atoms with Gasteiger partial charge in [0.15, 0.2) is 11.5 Å². The number of benzene rings is 1. The zero-order valence-corrected chi connectivity index (χ0v) is 14.9. The van der Waals surface area contributed by atoms with Crippen molar-refractivity contribution in [2.75, 3.05) is 33.9 Å². The Bertz CT molecular complexity index is 769. The molecule has 0 spiro atoms. The van der Waals surface area contributed by atoms with Gasteiger partial charge in [0.2, 0.25) is 0 Å². The van der Waals surface area contributed by atoms with Gasteiger partial charge < -0.3 is 23.6 Å². The third-order valence-electron chi connectivity index (χ3n) is 4.11. The van der Waals surface area contributed by atoms with Crippen molar-refractivity contribution in [2.24, 2.45) is 0 Å². The van der Waals surface area contributed by atoms with Crippen molar-refractivity contribution in [3.63, 3.8) is 0 Å². The van der Waals surface area contributed by atoms with Crippen LogP contribution in [0, 0.1) is 0 Å². The second kappa shape index (κ2) is 6.76. The van der Waals surface area contributed by atoms with Crippen LogP contribution in [-0.4, -0.2) is 55.5 Å². The Hall–Kier alpha value is -2.54. The van der Waals surface area contributed by atoms with Gasteiger partial charge in [-0.3, -0.25) is 4.79 Å². The Morgan fingerprint density at radius 1 is 1.24 bits per heavy atom. The molecular weight excluding hydrogens is 324 g/mol. The summed E-state index contributed by atoms with van der Waals surface area (Å²) in [5.41, 5.74) is 0.574. The van der Waals surface area contributed by atoms with E-state index < -0.39 is 0 Å². The summed E-state index contributed by atoms with van der Waals surface area (Å²) >= 11 is 0. The van der Waals surface area contributed by atoms with Crippen LogP contribution in [0.5, 0.6) is 11.5 Å². The molecule has 1 saturated heterocycles. The molecule has 0 saturated carbocycles. The van der Waals surface area contributed by atoms with Crippen molar-refractivity contribution in [2.45, 2.75) is 19.4 Å². The maximum absolute atomic E-state index is 12.7. The predicted molar refractivity (Wildman–Crippen MR) is 91.0 cm³/mol. The summed E-state index contributed by atoms with van der Waals surface area (Å²) in [6, 6.07) is 6.98. The molecule has 0 N–H and O–H groups in total. The molecule has 0 bridgehead atoms. The van der Waals surface area contributed by atoms with E-state index in [0.717, 1.165) is 0 Å². The van der Waals surface area contributed by atoms with E-state index in [4.69, 9.17) is 18.7 Å². The van der Waals surface area contributed by atoms with Gasteiger partial charge in [-0.1, -0.05) is 5.16 Å². The van der Waals surface area contributed by atoms with E-state index in [1.807, 2.05) is 13.8 Å². The maximum Gasteiger partial charge on any atom is 0.276 e. The number of methoxy groups -OCH3 is 2. The fraction of sp³-hybridized carbons (Fsp3) is 0.444. The fourth-order valence-corrected chi connectivity index (χ4v) is 2.86. The highest BCUT2D eigenvalue weighted by atomic mass is 16.5. The number of morpholine rings is 1. The molecule has 7 heteroatoms. The molecule has 134 valence electrons. The van der Waals surface area contributed by atoms with Crippen molar-refractivity contribution in [1.29, 1.82) is 0 Å². The second-order valence-electron chi connectivity index (χ2n) is 6.48. The van der Waals surface area contributed by atoms with Gasteiger partial charge in [0.05, 0.1) is 32.0 Å². The minimum Gasteiger partial charge on any atom is -0.497 e. The lowest BCUT2D eigenvalue weighted by molar-refractivity contribution is -0.0765. The van der Waals surface area contributed by atoms with Crippen molar-refractivity contribution in [1.82, 2.24) is 10.1 Å². The quantitative estimate of drug-likeness (QED) is 0.847. The third-order valence-corrected chi connectivity index (χ3v) is 4.11. The van der Waals surface area contributed by atoms with Crippen molar-refractivity contribution in [3.05, 3.63) is 30.0 Å². The summed E-state index contributed by atoms with van der Waals surface area (Å²) in [4.78, 5) is 14.4. The summed E-state index contributed by atoms with van der Waals surface area (Å²) in [5.74, 6) is 1.55. The molecule has 0 atom stereocenters. The monoisotopic (exact) mass is 346 g/mol. The van der Waals surface area contributed by atoms with Crippen molar-refractivity contribution < 1.29 is 23.5 Å². The van der Waals surface area contributed by atoms with E-state index in [0.29, 0.717) is 42.5 Å². The number of ether oxygens (including phenoxy) is 3. The molecule has 1 aromatic carbocycles. The number of carbonyl (C=O) groups is 1. The first kappa shape index (κ1) is 17.3. The first-order chi connectivity index (χ1) is 11.9. The Morgan fingerprint density at radius 3 is 2.72 bits per heavy atom. The lowest BCUT2D eigenvalue weighted by Gasteiger charge is -2.37. The largest absolute Gasteiger partial charge is 0.497 e. The molecule has 1 aromatic heterocycles. The summed E-state index contributed by atoms with van der Waals surface area (Å²) < 4.78 is 21.6. The Balaban J connectivity index is 1.86. The number of hydrogen-bond acceptors (Lipinski definition) is 6. The van der Waals surface area contributed by atoms with Gasteiger partial charge in [0, 0.05) is 19.2 Å². The van der Waals surface area contributed by atoms with Crippen LogP contribution in [0.3, 0.4) is 0 Å². The summed E-state index contributed by atoms with van der Waals surface area (Å²) in [6.07, 6.45) is 0. The van der Waals surface area contributed by atoms with Crippen molar-refractivity contribution in [3.8, 4) is 22.8 Å². The zero-order chi connectivity index (χ0) is 18.0. The molecule has 2 heterocycles. The van der Waals surface area contributed by atoms with Gasteiger partial charge >= 0.3 is 0 Å². The molecule has 0 aliphatic carbocycles. The second-order valence-corrected chi connectivity index (χ2v) is 6.48. The van der Waals surface area contributed by atoms with Crippen LogP contribution in [0.4, 0.5) is 0 Å². The number of carbonyl (C=O) groups excluding carboxylic acids is 1. The Kier molecular flexibility index (Phi) is 4.67. The van der Waals surface area contributed by atoms with Crippen LogP contribution in [0.25, 0.3) is 11.3 Å². The minimum absolute atomic E-state index is 0.173. The van der Waals surface area contributed by atoms with E-state index >= 15 is 0 Å². The molecular formula is C18H22N2O5. The zero-order valence-electron chi connectivity index (χ0n) is 14.9. The minimum atomic E-state index is -0.365. The van der Waals surface area contributed by atoms with E-state index in [1.54, 1.807) is 43.4 Å². The standard InChI is InChI=1S/C18H22N2O5/c1-18(2)11-20(7-8-24-18)17(21)14-10-16(25-19-14)13-9-12(22-3)5-6-15(13)23-4/h5-6,9-10H,7-8,11H2,1-4H3. The lowest BCUT2D eigenvalue weighted by atomic mass is 10.1. The number of nitrogens with zero attached hydrogens (tertiary/aromatic N) is 2. The van der Waals surface area contributed by atoms with Crippen LogP contribution in [0.2, 0.25) is 0 Å². The molecule has 2 aromatic rings. The summed E-state index contributed by atoms with van der Waals surface area (Å²) in [6.45, 7) is 5.47. The molecule has 0 unspecified atom stereocenters. The molecule has 7 nitrogen and oxygen atoms in total. The van der Waals surface area contributed by atoms with Crippen LogP contribution in [-0.2, 0) is 4.74 Å². The van der Waals surface area contributed by atoms with Gasteiger partial charge in [0.25, 0.3) is 5.91 Å². The number of amides is 1. The van der Waals surface area contributed by atoms with Crippen molar-refractivity contribution >= 4 is 5.91 Å². The molecule has 3 rings (SSSR count). The molecule has 1 aliphatic rings. The Labute approximate surface area is 146 Å². The van der Waals surface area contributed by atoms with Gasteiger partial charge in [-0.05, 0) is 32.0 Å². The van der Waals surface area contributed by atoms with Crippen LogP contribution < -0.4 is 9.47 Å². The van der Waals surface area contributed by atoms with E-state index in [1.165, 1.54) is 0 Å². The van der Waals surface area contributed by atoms with E-state index in [-0.39, 0.29) is 17.2 Å². The average Bonchev–Trinajstić information content (AvgIpc) is 3.09. The number of aromatic nitrogens is 1. The molecule has 1 amide bonds. The normalized spacial score (nSPS) is 16.6. The van der Waals surface area contributed by atoms with Gasteiger partial charge in [-0.2, -0.15) is 0 Å². The summed E-state index contributed by atoms with van der Waals surface area (Å²) in [5, 5.41) is 3.94. The highest BCUT2D eigenvalue weighted by molar-refractivity contribution is 5.93. The highest BCUT2D eigenvalue weighted by Crippen LogP contribution is 2.34. The number of hydrogen-bond donors (Lipinski definition) is 0. The van der Waals surface area contributed by atoms with Gasteiger partial charge in [-0.25, -0.2) is 0 Å². The van der Waals surface area contributed by atoms with Crippen LogP contribution >= 0.6 is 0 Å². The van der Waals surface area contributed by atoms with Crippen LogP contribution in [0.15, 0.2) is 28.8 Å². The number of rotatable bonds is 4. The third kappa shape index (κ3) is 3.61. The van der Waals surface area contributed by atoms with E-state index in [9.17, 15) is 4.79 Å². The Morgan fingerprint density at radius 2 is 2.04 bits per heavy atom. The first-order valence-electron chi connectivity index (χ1n) is 8.06. The van der Waals surface area contributed by atoms with Gasteiger partial charge in [-0.15, -0.1) is 0 Å². The molecule has 1 fully saturated rings. The molecule has 1 aliphatic heterocycles. The maximum atomic E-state index is 12.7. The van der Waals surface area contributed by atoms with Crippen LogP contribution in [0.1, 0.15) is 24.3 Å². The SMILES string of the molecule is COc1ccc(OC)c(-c2cc(C(=O)N3CCOC(C)(C)C3)no2)c1. The average molecular weight is 346 g/mol. The fourth-order valence-electron chi connectivity index (χ4n) is 2.86. The summed E-state index contributed by atoms with van der Waals surface area (Å²) in [7, 11) is 3.16. The molecule has 25 heavy (non-hydrogen) atoms. The molecule has 0 radical (unpaired) electrons. The smallest absolute Gasteiger partial charge is 0.276 e. The topological polar surface area (TPSA) is 74.0 Å². The first-order valence-corrected chi connectivity index (χ1v) is 8.06. The van der Waals surface area contributed by atoms with E-state index in [2.05, 4.69) is 5.16 Å². The predicted octanol–water partition coefficient (Wildman–Crippen LogP) is 2.61. The highest BCUT2D eigenvalue weighted by Gasteiger charge is 2.31. The lowest BCUT2D eigenvalue weighted by Crippen LogP contribution is -2.50. The van der Waals surface area contributed by atoms with Gasteiger partial charge in [0.1, 0.15) is 11.5 Å².